The van der Waals surface area contributed by atoms with Crippen molar-refractivity contribution in [3.63, 3.8) is 0 Å². The van der Waals surface area contributed by atoms with E-state index in [-0.39, 0.29) is 5.91 Å². The van der Waals surface area contributed by atoms with Gasteiger partial charge in [0.1, 0.15) is 18.1 Å². The van der Waals surface area contributed by atoms with Crippen molar-refractivity contribution in [2.75, 3.05) is 6.61 Å². The molecule has 1 amide bonds. The lowest BCUT2D eigenvalue weighted by molar-refractivity contribution is 0.0942. The Morgan fingerprint density at radius 2 is 1.64 bits per heavy atom. The molecular formula is C22H22N2O4. The van der Waals surface area contributed by atoms with E-state index in [1.165, 1.54) is 6.26 Å². The molecule has 0 aliphatic carbocycles. The van der Waals surface area contributed by atoms with Crippen LogP contribution in [0.1, 0.15) is 28.6 Å². The van der Waals surface area contributed by atoms with Gasteiger partial charge in [-0.25, -0.2) is 0 Å². The summed E-state index contributed by atoms with van der Waals surface area (Å²) in [5.74, 6) is 1.85. The number of hydrazine groups is 1. The summed E-state index contributed by atoms with van der Waals surface area (Å²) in [6.45, 7) is 6.78. The molecule has 6 nitrogen and oxygen atoms in total. The van der Waals surface area contributed by atoms with Crippen molar-refractivity contribution < 1.29 is 18.7 Å². The maximum absolute atomic E-state index is 12.2. The lowest BCUT2D eigenvalue weighted by Crippen LogP contribution is -2.35. The second-order valence-electron chi connectivity index (χ2n) is 5.92. The molecule has 2 aromatic carbocycles. The molecule has 6 heteroatoms. The Kier molecular flexibility index (Phi) is 6.36. The van der Waals surface area contributed by atoms with Crippen LogP contribution in [-0.2, 0) is 6.61 Å². The van der Waals surface area contributed by atoms with Gasteiger partial charge in [0, 0.05) is 5.56 Å². The number of ether oxygens (including phenoxy) is 2. The number of carbonyl (C=O) groups excluding carboxylic acids is 1. The van der Waals surface area contributed by atoms with Crippen LogP contribution in [0.4, 0.5) is 0 Å². The van der Waals surface area contributed by atoms with Crippen molar-refractivity contribution in [1.82, 2.24) is 10.9 Å². The van der Waals surface area contributed by atoms with Crippen LogP contribution in [0.3, 0.4) is 0 Å². The van der Waals surface area contributed by atoms with Crippen molar-refractivity contribution in [2.45, 2.75) is 13.5 Å². The summed E-state index contributed by atoms with van der Waals surface area (Å²) in [5.41, 5.74) is 7.27. The molecule has 0 bridgehead atoms. The van der Waals surface area contributed by atoms with Crippen LogP contribution in [0, 0.1) is 0 Å². The zero-order valence-corrected chi connectivity index (χ0v) is 15.6. The smallest absolute Gasteiger partial charge is 0.269 e. The Labute approximate surface area is 163 Å². The summed E-state index contributed by atoms with van der Waals surface area (Å²) >= 11 is 0. The van der Waals surface area contributed by atoms with Crippen molar-refractivity contribution in [1.29, 1.82) is 0 Å². The Morgan fingerprint density at radius 1 is 0.964 bits per heavy atom. The van der Waals surface area contributed by atoms with E-state index in [1.54, 1.807) is 24.3 Å². The predicted octanol–water partition coefficient (Wildman–Crippen LogP) is 4.16. The molecule has 2 N–H and O–H groups in total. The van der Waals surface area contributed by atoms with Gasteiger partial charge in [0.25, 0.3) is 5.91 Å². The minimum Gasteiger partial charge on any atom is -0.494 e. The van der Waals surface area contributed by atoms with E-state index in [0.717, 1.165) is 17.1 Å². The number of hydrogen-bond acceptors (Lipinski definition) is 5. The third kappa shape index (κ3) is 5.17. The number of carbonyl (C=O) groups is 1. The van der Waals surface area contributed by atoms with Crippen molar-refractivity contribution in [2.24, 2.45) is 0 Å². The van der Waals surface area contributed by atoms with Gasteiger partial charge < -0.3 is 13.9 Å². The summed E-state index contributed by atoms with van der Waals surface area (Å²) in [5, 5.41) is 0. The standard InChI is InChI=1S/C22H22N2O4/c1-3-26-19-10-12-20(13-11-19)28-15-17-6-8-18(9-7-17)22(25)24-23-16(2)21-5-4-14-27-21/h4-14,23H,2-3,15H2,1H3,(H,24,25). The van der Waals surface area contributed by atoms with Crippen LogP contribution in [0.5, 0.6) is 11.5 Å². The number of amides is 1. The summed E-state index contributed by atoms with van der Waals surface area (Å²) in [6, 6.07) is 18.2. The second kappa shape index (κ2) is 9.32. The molecular weight excluding hydrogens is 356 g/mol. The van der Waals surface area contributed by atoms with Crippen LogP contribution in [0.25, 0.3) is 5.70 Å². The molecule has 0 fully saturated rings. The highest BCUT2D eigenvalue weighted by atomic mass is 16.5. The average molecular weight is 378 g/mol. The molecule has 3 aromatic rings. The topological polar surface area (TPSA) is 72.7 Å². The normalized spacial score (nSPS) is 10.2. The largest absolute Gasteiger partial charge is 0.494 e. The average Bonchev–Trinajstić information content (AvgIpc) is 3.27. The van der Waals surface area contributed by atoms with Gasteiger partial charge in [0.05, 0.1) is 18.6 Å². The van der Waals surface area contributed by atoms with Crippen LogP contribution in [-0.4, -0.2) is 12.5 Å². The summed E-state index contributed by atoms with van der Waals surface area (Å²) in [7, 11) is 0. The zero-order chi connectivity index (χ0) is 19.8. The molecule has 1 heterocycles. The first-order valence-electron chi connectivity index (χ1n) is 8.89. The monoisotopic (exact) mass is 378 g/mol. The SMILES string of the molecule is C=C(NNC(=O)c1ccc(COc2ccc(OCC)cc2)cc1)c1ccco1. The molecule has 28 heavy (non-hydrogen) atoms. The molecule has 1 aromatic heterocycles. The van der Waals surface area contributed by atoms with E-state index in [1.807, 2.05) is 43.3 Å². The first kappa shape index (κ1) is 19.1. The molecule has 3 rings (SSSR count). The quantitative estimate of drug-likeness (QED) is 0.547. The second-order valence-corrected chi connectivity index (χ2v) is 5.92. The lowest BCUT2D eigenvalue weighted by Gasteiger charge is -2.10. The van der Waals surface area contributed by atoms with Gasteiger partial charge in [-0.2, -0.15) is 0 Å². The Balaban J connectivity index is 1.48. The summed E-state index contributed by atoms with van der Waals surface area (Å²) in [4.78, 5) is 12.2. The summed E-state index contributed by atoms with van der Waals surface area (Å²) < 4.78 is 16.4. The Hall–Kier alpha value is -3.67. The minimum atomic E-state index is -0.272. The molecule has 0 saturated carbocycles. The van der Waals surface area contributed by atoms with Crippen LogP contribution < -0.4 is 20.3 Å². The third-order valence-electron chi connectivity index (χ3n) is 3.90. The van der Waals surface area contributed by atoms with E-state index in [4.69, 9.17) is 13.9 Å². The predicted molar refractivity (Wildman–Crippen MR) is 107 cm³/mol. The Morgan fingerprint density at radius 3 is 2.25 bits per heavy atom. The molecule has 0 atom stereocenters. The minimum absolute atomic E-state index is 0.272. The molecule has 0 saturated heterocycles. The first-order chi connectivity index (χ1) is 13.7. The molecule has 0 aliphatic heterocycles. The maximum Gasteiger partial charge on any atom is 0.269 e. The first-order valence-corrected chi connectivity index (χ1v) is 8.89. The van der Waals surface area contributed by atoms with Gasteiger partial charge in [-0.3, -0.25) is 15.6 Å². The maximum atomic E-state index is 12.2. The highest BCUT2D eigenvalue weighted by Crippen LogP contribution is 2.19. The van der Waals surface area contributed by atoms with Gasteiger partial charge in [-0.1, -0.05) is 18.7 Å². The molecule has 0 unspecified atom stereocenters. The zero-order valence-electron chi connectivity index (χ0n) is 15.6. The van der Waals surface area contributed by atoms with Gasteiger partial charge in [0.15, 0.2) is 5.76 Å². The van der Waals surface area contributed by atoms with Crippen molar-refractivity contribution in [3.8, 4) is 11.5 Å². The molecule has 0 aliphatic rings. The van der Waals surface area contributed by atoms with E-state index in [0.29, 0.717) is 30.2 Å². The fourth-order valence-electron chi connectivity index (χ4n) is 2.43. The third-order valence-corrected chi connectivity index (χ3v) is 3.90. The fourth-order valence-corrected chi connectivity index (χ4v) is 2.43. The fraction of sp³-hybridized carbons (Fsp3) is 0.136. The highest BCUT2D eigenvalue weighted by molar-refractivity contribution is 5.94. The molecule has 144 valence electrons. The summed E-state index contributed by atoms with van der Waals surface area (Å²) in [6.07, 6.45) is 1.54. The number of hydrogen-bond donors (Lipinski definition) is 2. The number of benzene rings is 2. The van der Waals surface area contributed by atoms with E-state index >= 15 is 0 Å². The van der Waals surface area contributed by atoms with Gasteiger partial charge in [-0.05, 0) is 61.0 Å². The van der Waals surface area contributed by atoms with E-state index in [9.17, 15) is 4.79 Å². The van der Waals surface area contributed by atoms with E-state index in [2.05, 4.69) is 17.4 Å². The van der Waals surface area contributed by atoms with Gasteiger partial charge in [-0.15, -0.1) is 0 Å². The van der Waals surface area contributed by atoms with Crippen LogP contribution in [0.15, 0.2) is 77.9 Å². The molecule has 0 spiro atoms. The lowest BCUT2D eigenvalue weighted by atomic mass is 10.1. The van der Waals surface area contributed by atoms with Crippen molar-refractivity contribution >= 4 is 11.6 Å². The Bertz CT molecular complexity index is 901. The highest BCUT2D eigenvalue weighted by Gasteiger charge is 2.07. The van der Waals surface area contributed by atoms with E-state index < -0.39 is 0 Å². The number of rotatable bonds is 9. The van der Waals surface area contributed by atoms with Crippen LogP contribution in [0.2, 0.25) is 0 Å². The number of nitrogens with one attached hydrogen (secondary N) is 2. The van der Waals surface area contributed by atoms with Crippen LogP contribution >= 0.6 is 0 Å². The van der Waals surface area contributed by atoms with Gasteiger partial charge in [0.2, 0.25) is 0 Å². The number of furan rings is 1. The van der Waals surface area contributed by atoms with Gasteiger partial charge >= 0.3 is 0 Å². The molecule has 0 radical (unpaired) electrons. The van der Waals surface area contributed by atoms with Crippen molar-refractivity contribution in [3.05, 3.63) is 90.4 Å².